The molecule has 1 amide bonds. The largest absolute Gasteiger partial charge is 0.358 e. The maximum absolute atomic E-state index is 12.5. The molecule has 0 unspecified atom stereocenters. The van der Waals surface area contributed by atoms with E-state index in [4.69, 9.17) is 0 Å². The lowest BCUT2D eigenvalue weighted by molar-refractivity contribution is 0.0951. The van der Waals surface area contributed by atoms with Crippen molar-refractivity contribution in [2.24, 2.45) is 0 Å². The summed E-state index contributed by atoms with van der Waals surface area (Å²) in [4.78, 5) is 16.0. The van der Waals surface area contributed by atoms with Crippen LogP contribution in [-0.2, 0) is 6.54 Å². The van der Waals surface area contributed by atoms with E-state index in [1.54, 1.807) is 16.8 Å². The number of benzene rings is 2. The zero-order valence-electron chi connectivity index (χ0n) is 15.4. The Balaban J connectivity index is 1.53. The van der Waals surface area contributed by atoms with Gasteiger partial charge in [-0.1, -0.05) is 11.6 Å². The molecule has 4 rings (SSSR count). The van der Waals surface area contributed by atoms with Crippen molar-refractivity contribution in [2.45, 2.75) is 27.3 Å². The highest BCUT2D eigenvalue weighted by Gasteiger charge is 2.11. The Labute approximate surface area is 156 Å². The van der Waals surface area contributed by atoms with Crippen molar-refractivity contribution < 1.29 is 4.79 Å². The average Bonchev–Trinajstić information content (AvgIpc) is 3.30. The zero-order chi connectivity index (χ0) is 19.0. The quantitative estimate of drug-likeness (QED) is 0.585. The number of carbonyl (C=O) groups excluding carboxylic acids is 1. The molecule has 4 aromatic rings. The van der Waals surface area contributed by atoms with E-state index in [0.29, 0.717) is 12.1 Å². The number of rotatable bonds is 4. The van der Waals surface area contributed by atoms with E-state index in [2.05, 4.69) is 58.7 Å². The Morgan fingerprint density at radius 2 is 1.93 bits per heavy atom. The Morgan fingerprint density at radius 1 is 1.15 bits per heavy atom. The number of nitrogens with one attached hydrogen (secondary N) is 2. The number of amides is 1. The molecule has 0 aliphatic heterocycles. The van der Waals surface area contributed by atoms with Gasteiger partial charge in [0.15, 0.2) is 0 Å². The fraction of sp³-hybridized carbons (Fsp3) is 0.200. The lowest BCUT2D eigenvalue weighted by atomic mass is 10.0. The second kappa shape index (κ2) is 6.68. The van der Waals surface area contributed by atoms with Gasteiger partial charge in [-0.25, -0.2) is 4.68 Å². The molecule has 2 aromatic carbocycles. The van der Waals surface area contributed by atoms with Crippen LogP contribution in [0.2, 0.25) is 0 Å². The van der Waals surface area contributed by atoms with Gasteiger partial charge in [0.25, 0.3) is 5.91 Å². The summed E-state index contributed by atoms with van der Waals surface area (Å²) in [7, 11) is 0. The number of aromatic amines is 1. The molecule has 0 aliphatic rings. The summed E-state index contributed by atoms with van der Waals surface area (Å²) in [6.45, 7) is 6.72. The topological polar surface area (TPSA) is 88.5 Å². The molecule has 0 saturated carbocycles. The summed E-state index contributed by atoms with van der Waals surface area (Å²) >= 11 is 0. The first kappa shape index (κ1) is 17.0. The molecule has 2 aromatic heterocycles. The summed E-state index contributed by atoms with van der Waals surface area (Å²) < 4.78 is 1.54. The predicted octanol–water partition coefficient (Wildman–Crippen LogP) is 3.00. The van der Waals surface area contributed by atoms with Gasteiger partial charge in [0, 0.05) is 23.2 Å². The Kier molecular flexibility index (Phi) is 4.19. The fourth-order valence-corrected chi connectivity index (χ4v) is 3.25. The summed E-state index contributed by atoms with van der Waals surface area (Å²) in [6, 6.07) is 11.4. The summed E-state index contributed by atoms with van der Waals surface area (Å²) in [5.41, 5.74) is 7.15. The zero-order valence-corrected chi connectivity index (χ0v) is 15.4. The van der Waals surface area contributed by atoms with Crippen molar-refractivity contribution in [3.8, 4) is 5.69 Å². The van der Waals surface area contributed by atoms with Crippen LogP contribution in [0.4, 0.5) is 0 Å². The number of tetrazole rings is 1. The first-order valence-corrected chi connectivity index (χ1v) is 8.73. The summed E-state index contributed by atoms with van der Waals surface area (Å²) in [5, 5.41) is 15.3. The lowest BCUT2D eigenvalue weighted by Gasteiger charge is -2.09. The van der Waals surface area contributed by atoms with Gasteiger partial charge in [-0.2, -0.15) is 0 Å². The monoisotopic (exact) mass is 360 g/mol. The van der Waals surface area contributed by atoms with Crippen molar-refractivity contribution in [3.63, 3.8) is 0 Å². The number of carbonyl (C=O) groups is 1. The van der Waals surface area contributed by atoms with Crippen molar-refractivity contribution in [1.29, 1.82) is 0 Å². The van der Waals surface area contributed by atoms with E-state index >= 15 is 0 Å². The van der Waals surface area contributed by atoms with E-state index in [1.165, 1.54) is 22.8 Å². The van der Waals surface area contributed by atoms with Gasteiger partial charge >= 0.3 is 0 Å². The van der Waals surface area contributed by atoms with E-state index in [1.807, 2.05) is 12.1 Å². The molecule has 0 radical (unpaired) electrons. The highest BCUT2D eigenvalue weighted by Crippen LogP contribution is 2.26. The van der Waals surface area contributed by atoms with Crippen LogP contribution in [0.25, 0.3) is 16.6 Å². The van der Waals surface area contributed by atoms with Gasteiger partial charge < -0.3 is 10.3 Å². The molecule has 0 spiro atoms. The van der Waals surface area contributed by atoms with Gasteiger partial charge in [-0.15, -0.1) is 5.10 Å². The summed E-state index contributed by atoms with van der Waals surface area (Å²) in [6.07, 6.45) is 1.51. The van der Waals surface area contributed by atoms with E-state index in [0.717, 1.165) is 22.5 Å². The molecule has 0 bridgehead atoms. The predicted molar refractivity (Wildman–Crippen MR) is 103 cm³/mol. The minimum absolute atomic E-state index is 0.118. The maximum Gasteiger partial charge on any atom is 0.251 e. The van der Waals surface area contributed by atoms with Crippen LogP contribution in [0.5, 0.6) is 0 Å². The molecule has 136 valence electrons. The minimum Gasteiger partial charge on any atom is -0.358 e. The van der Waals surface area contributed by atoms with Crippen LogP contribution in [0, 0.1) is 20.8 Å². The Hall–Kier alpha value is -3.48. The number of H-pyrrole nitrogens is 1. The molecule has 0 saturated heterocycles. The highest BCUT2D eigenvalue weighted by atomic mass is 16.1. The van der Waals surface area contributed by atoms with E-state index in [9.17, 15) is 4.79 Å². The van der Waals surface area contributed by atoms with Gasteiger partial charge in [0.2, 0.25) is 0 Å². The van der Waals surface area contributed by atoms with Crippen LogP contribution in [-0.4, -0.2) is 31.1 Å². The van der Waals surface area contributed by atoms with Gasteiger partial charge in [0.05, 0.1) is 11.2 Å². The van der Waals surface area contributed by atoms with Crippen LogP contribution in [0.15, 0.2) is 42.7 Å². The molecule has 7 nitrogen and oxygen atoms in total. The Bertz CT molecular complexity index is 1110. The van der Waals surface area contributed by atoms with Crippen LogP contribution < -0.4 is 5.32 Å². The molecule has 27 heavy (non-hydrogen) atoms. The standard InChI is InChI=1S/C20H20N6O/c1-12-8-16(19-18(9-12)13(2)14(3)23-19)10-21-20(27)15-4-6-17(7-5-15)26-11-22-24-25-26/h4-9,11,23H,10H2,1-3H3,(H,21,27). The van der Waals surface area contributed by atoms with Crippen molar-refractivity contribution >= 4 is 16.8 Å². The first-order chi connectivity index (χ1) is 13.0. The molecule has 2 heterocycles. The number of hydrogen-bond donors (Lipinski definition) is 2. The molecule has 7 heteroatoms. The van der Waals surface area contributed by atoms with Crippen molar-refractivity contribution in [1.82, 2.24) is 30.5 Å². The third-order valence-electron chi connectivity index (χ3n) is 4.83. The van der Waals surface area contributed by atoms with Gasteiger partial charge in [-0.3, -0.25) is 4.79 Å². The molecule has 0 atom stereocenters. The number of fused-ring (bicyclic) bond motifs is 1. The average molecular weight is 360 g/mol. The second-order valence-electron chi connectivity index (χ2n) is 6.71. The molecular weight excluding hydrogens is 340 g/mol. The number of nitrogens with zero attached hydrogens (tertiary/aromatic N) is 4. The minimum atomic E-state index is -0.118. The number of aryl methyl sites for hydroxylation is 3. The summed E-state index contributed by atoms with van der Waals surface area (Å²) in [5.74, 6) is -0.118. The third kappa shape index (κ3) is 3.19. The molecule has 2 N–H and O–H groups in total. The van der Waals surface area contributed by atoms with Gasteiger partial charge in [-0.05, 0) is 72.7 Å². The van der Waals surface area contributed by atoms with Crippen LogP contribution in [0.1, 0.15) is 32.7 Å². The molecule has 0 aliphatic carbocycles. The van der Waals surface area contributed by atoms with E-state index < -0.39 is 0 Å². The number of hydrogen-bond acceptors (Lipinski definition) is 4. The highest BCUT2D eigenvalue weighted by molar-refractivity contribution is 5.95. The SMILES string of the molecule is Cc1cc(CNC(=O)c2ccc(-n3cnnn3)cc2)c2[nH]c(C)c(C)c2c1. The normalized spacial score (nSPS) is 11.1. The first-order valence-electron chi connectivity index (χ1n) is 8.73. The molecular formula is C20H20N6O. The third-order valence-corrected chi connectivity index (χ3v) is 4.83. The van der Waals surface area contributed by atoms with E-state index in [-0.39, 0.29) is 5.91 Å². The number of aromatic nitrogens is 5. The Morgan fingerprint density at radius 3 is 2.63 bits per heavy atom. The van der Waals surface area contributed by atoms with Crippen molar-refractivity contribution in [3.05, 3.63) is 70.7 Å². The van der Waals surface area contributed by atoms with Crippen LogP contribution >= 0.6 is 0 Å². The second-order valence-corrected chi connectivity index (χ2v) is 6.71. The van der Waals surface area contributed by atoms with Gasteiger partial charge in [0.1, 0.15) is 6.33 Å². The maximum atomic E-state index is 12.5. The molecule has 0 fully saturated rings. The van der Waals surface area contributed by atoms with Crippen molar-refractivity contribution in [2.75, 3.05) is 0 Å². The lowest BCUT2D eigenvalue weighted by Crippen LogP contribution is -2.23. The fourth-order valence-electron chi connectivity index (χ4n) is 3.25. The smallest absolute Gasteiger partial charge is 0.251 e. The van der Waals surface area contributed by atoms with Crippen LogP contribution in [0.3, 0.4) is 0 Å².